The van der Waals surface area contributed by atoms with Crippen molar-refractivity contribution in [1.29, 1.82) is 0 Å². The number of ether oxygens (including phenoxy) is 1. The van der Waals surface area contributed by atoms with Gasteiger partial charge in [-0.1, -0.05) is 0 Å². The molecule has 0 unspecified atom stereocenters. The van der Waals surface area contributed by atoms with Crippen molar-refractivity contribution in [2.75, 3.05) is 6.61 Å². The summed E-state index contributed by atoms with van der Waals surface area (Å²) < 4.78 is 29.5. The number of nitrogens with zero attached hydrogens (tertiary/aromatic N) is 1. The lowest BCUT2D eigenvalue weighted by molar-refractivity contribution is -0.384. The molecule has 0 saturated heterocycles. The zero-order chi connectivity index (χ0) is 11.5. The SMILES string of the molecule is CC(F)(F)COc1ccc([N+](=O)[O-])cc1. The lowest BCUT2D eigenvalue weighted by Gasteiger charge is -2.11. The van der Waals surface area contributed by atoms with Crippen LogP contribution in [-0.2, 0) is 0 Å². The van der Waals surface area contributed by atoms with Crippen LogP contribution in [0.5, 0.6) is 5.75 Å². The van der Waals surface area contributed by atoms with E-state index in [-0.39, 0.29) is 11.4 Å². The minimum absolute atomic E-state index is 0.106. The second-order valence-electron chi connectivity index (χ2n) is 3.11. The molecule has 0 aliphatic heterocycles. The van der Waals surface area contributed by atoms with Gasteiger partial charge in [0.15, 0.2) is 6.61 Å². The van der Waals surface area contributed by atoms with Crippen LogP contribution in [0, 0.1) is 10.1 Å². The summed E-state index contributed by atoms with van der Waals surface area (Å²) in [5.74, 6) is -2.73. The predicted molar refractivity (Wildman–Crippen MR) is 49.2 cm³/mol. The molecular weight excluding hydrogens is 208 g/mol. The van der Waals surface area contributed by atoms with Crippen molar-refractivity contribution in [2.24, 2.45) is 0 Å². The van der Waals surface area contributed by atoms with Crippen LogP contribution in [0.4, 0.5) is 14.5 Å². The van der Waals surface area contributed by atoms with Crippen LogP contribution < -0.4 is 4.74 Å². The van der Waals surface area contributed by atoms with E-state index in [2.05, 4.69) is 0 Å². The van der Waals surface area contributed by atoms with Crippen LogP contribution in [0.25, 0.3) is 0 Å². The number of nitro benzene ring substituents is 1. The molecule has 6 heteroatoms. The summed E-state index contributed by atoms with van der Waals surface area (Å²) >= 11 is 0. The molecule has 0 aliphatic rings. The first-order valence-electron chi connectivity index (χ1n) is 4.13. The molecule has 0 aromatic heterocycles. The normalized spacial score (nSPS) is 11.1. The van der Waals surface area contributed by atoms with Crippen LogP contribution in [-0.4, -0.2) is 17.5 Å². The number of nitro groups is 1. The monoisotopic (exact) mass is 217 g/mol. The Morgan fingerprint density at radius 1 is 1.40 bits per heavy atom. The number of rotatable bonds is 4. The van der Waals surface area contributed by atoms with Gasteiger partial charge in [-0.15, -0.1) is 0 Å². The molecular formula is C9H9F2NO3. The van der Waals surface area contributed by atoms with Crippen LogP contribution in [0.1, 0.15) is 6.92 Å². The molecule has 0 aliphatic carbocycles. The number of alkyl halides is 2. The first-order valence-corrected chi connectivity index (χ1v) is 4.13. The summed E-state index contributed by atoms with van der Waals surface area (Å²) in [5, 5.41) is 10.3. The van der Waals surface area contributed by atoms with Crippen molar-refractivity contribution in [1.82, 2.24) is 0 Å². The van der Waals surface area contributed by atoms with E-state index in [4.69, 9.17) is 4.74 Å². The van der Waals surface area contributed by atoms with E-state index in [1.54, 1.807) is 0 Å². The Morgan fingerprint density at radius 2 is 1.93 bits per heavy atom. The fourth-order valence-corrected chi connectivity index (χ4v) is 0.874. The maximum absolute atomic E-state index is 12.4. The smallest absolute Gasteiger partial charge is 0.278 e. The Bertz CT molecular complexity index is 345. The van der Waals surface area contributed by atoms with Gasteiger partial charge in [0.1, 0.15) is 5.75 Å². The van der Waals surface area contributed by atoms with Gasteiger partial charge >= 0.3 is 0 Å². The van der Waals surface area contributed by atoms with Crippen molar-refractivity contribution in [2.45, 2.75) is 12.8 Å². The minimum Gasteiger partial charge on any atom is -0.487 e. The van der Waals surface area contributed by atoms with Crippen molar-refractivity contribution in [3.05, 3.63) is 34.4 Å². The van der Waals surface area contributed by atoms with Gasteiger partial charge in [0.05, 0.1) is 4.92 Å². The highest BCUT2D eigenvalue weighted by molar-refractivity contribution is 5.35. The van der Waals surface area contributed by atoms with Crippen molar-refractivity contribution in [3.8, 4) is 5.75 Å². The molecule has 0 fully saturated rings. The van der Waals surface area contributed by atoms with Gasteiger partial charge in [-0.3, -0.25) is 10.1 Å². The summed E-state index contributed by atoms with van der Waals surface area (Å²) in [6, 6.07) is 4.96. The first kappa shape index (κ1) is 11.4. The Labute approximate surface area is 84.6 Å². The molecule has 82 valence electrons. The Balaban J connectivity index is 2.61. The molecule has 1 aromatic rings. The van der Waals surface area contributed by atoms with Gasteiger partial charge in [-0.05, 0) is 12.1 Å². The minimum atomic E-state index is -2.91. The number of non-ortho nitro benzene ring substituents is 1. The number of benzene rings is 1. The number of hydrogen-bond donors (Lipinski definition) is 0. The second kappa shape index (κ2) is 4.20. The summed E-state index contributed by atoms with van der Waals surface area (Å²) in [4.78, 5) is 9.70. The van der Waals surface area contributed by atoms with E-state index in [0.29, 0.717) is 0 Å². The number of hydrogen-bond acceptors (Lipinski definition) is 3. The predicted octanol–water partition coefficient (Wildman–Crippen LogP) is 2.63. The summed E-state index contributed by atoms with van der Waals surface area (Å²) in [6.07, 6.45) is 0. The highest BCUT2D eigenvalue weighted by atomic mass is 19.3. The molecule has 0 spiro atoms. The van der Waals surface area contributed by atoms with Crippen LogP contribution >= 0.6 is 0 Å². The van der Waals surface area contributed by atoms with Gasteiger partial charge in [0, 0.05) is 19.1 Å². The Kier molecular flexibility index (Phi) is 3.18. The lowest BCUT2D eigenvalue weighted by Crippen LogP contribution is -2.20. The van der Waals surface area contributed by atoms with Crippen molar-refractivity contribution in [3.63, 3.8) is 0 Å². The highest BCUT2D eigenvalue weighted by Crippen LogP contribution is 2.19. The van der Waals surface area contributed by atoms with Gasteiger partial charge in [0.25, 0.3) is 11.6 Å². The largest absolute Gasteiger partial charge is 0.487 e. The van der Waals surface area contributed by atoms with E-state index >= 15 is 0 Å². The average Bonchev–Trinajstić information content (AvgIpc) is 2.14. The molecule has 0 N–H and O–H groups in total. The topological polar surface area (TPSA) is 52.4 Å². The van der Waals surface area contributed by atoms with E-state index in [1.807, 2.05) is 0 Å². The summed E-state index contributed by atoms with van der Waals surface area (Å²) in [6.45, 7) is -0.0107. The van der Waals surface area contributed by atoms with Crippen molar-refractivity contribution >= 4 is 5.69 Å². The second-order valence-corrected chi connectivity index (χ2v) is 3.11. The van der Waals surface area contributed by atoms with E-state index < -0.39 is 17.5 Å². The van der Waals surface area contributed by atoms with Gasteiger partial charge < -0.3 is 4.74 Å². The summed E-state index contributed by atoms with van der Waals surface area (Å²) in [7, 11) is 0. The van der Waals surface area contributed by atoms with Crippen molar-refractivity contribution < 1.29 is 18.4 Å². The zero-order valence-electron chi connectivity index (χ0n) is 7.94. The standard InChI is InChI=1S/C9H9F2NO3/c1-9(10,11)6-15-8-4-2-7(3-5-8)12(13)14/h2-5H,6H2,1H3. The molecule has 1 aromatic carbocycles. The maximum Gasteiger partial charge on any atom is 0.278 e. The zero-order valence-corrected chi connectivity index (χ0v) is 7.94. The lowest BCUT2D eigenvalue weighted by atomic mass is 10.3. The van der Waals surface area contributed by atoms with Gasteiger partial charge in [0.2, 0.25) is 0 Å². The molecule has 4 nitrogen and oxygen atoms in total. The molecule has 15 heavy (non-hydrogen) atoms. The highest BCUT2D eigenvalue weighted by Gasteiger charge is 2.22. The fourth-order valence-electron chi connectivity index (χ4n) is 0.874. The van der Waals surface area contributed by atoms with E-state index in [1.165, 1.54) is 24.3 Å². The van der Waals surface area contributed by atoms with Crippen LogP contribution in [0.15, 0.2) is 24.3 Å². The summed E-state index contributed by atoms with van der Waals surface area (Å²) in [5.41, 5.74) is -0.106. The molecule has 0 saturated carbocycles. The quantitative estimate of drug-likeness (QED) is 0.575. The maximum atomic E-state index is 12.4. The molecule has 0 bridgehead atoms. The fraction of sp³-hybridized carbons (Fsp3) is 0.333. The van der Waals surface area contributed by atoms with Gasteiger partial charge in [-0.25, -0.2) is 8.78 Å². The molecule has 0 atom stereocenters. The van der Waals surface area contributed by atoms with Crippen LogP contribution in [0.3, 0.4) is 0 Å². The third-order valence-electron chi connectivity index (χ3n) is 1.54. The van der Waals surface area contributed by atoms with Crippen LogP contribution in [0.2, 0.25) is 0 Å². The molecule has 0 radical (unpaired) electrons. The van der Waals surface area contributed by atoms with E-state index in [0.717, 1.165) is 6.92 Å². The Hall–Kier alpha value is -1.72. The van der Waals surface area contributed by atoms with Gasteiger partial charge in [-0.2, -0.15) is 0 Å². The third-order valence-corrected chi connectivity index (χ3v) is 1.54. The molecule has 0 heterocycles. The molecule has 0 amide bonds. The average molecular weight is 217 g/mol. The number of halogens is 2. The van der Waals surface area contributed by atoms with E-state index in [9.17, 15) is 18.9 Å². The first-order chi connectivity index (χ1) is 6.88. The third kappa shape index (κ3) is 3.88. The Morgan fingerprint density at radius 3 is 2.33 bits per heavy atom. The molecule has 1 rings (SSSR count).